The molecule has 2 heterocycles. The van der Waals surface area contributed by atoms with Gasteiger partial charge < -0.3 is 9.47 Å². The second kappa shape index (κ2) is 6.42. The second-order valence-electron chi connectivity index (χ2n) is 4.20. The van der Waals surface area contributed by atoms with Gasteiger partial charge in [0.25, 0.3) is 0 Å². The van der Waals surface area contributed by atoms with Crippen molar-refractivity contribution < 1.29 is 14.3 Å². The third-order valence-electron chi connectivity index (χ3n) is 2.85. The van der Waals surface area contributed by atoms with Crippen molar-refractivity contribution in [3.63, 3.8) is 0 Å². The predicted octanol–water partition coefficient (Wildman–Crippen LogP) is 0.240. The zero-order chi connectivity index (χ0) is 12.8. The third kappa shape index (κ3) is 3.75. The van der Waals surface area contributed by atoms with E-state index in [1.165, 1.54) is 7.11 Å². The number of esters is 1. The van der Waals surface area contributed by atoms with Crippen LogP contribution in [0.2, 0.25) is 0 Å². The molecule has 0 spiro atoms. The van der Waals surface area contributed by atoms with Crippen molar-refractivity contribution in [1.82, 2.24) is 14.9 Å². The molecule has 0 amide bonds. The van der Waals surface area contributed by atoms with Gasteiger partial charge in [-0.2, -0.15) is 0 Å². The molecule has 1 aliphatic rings. The fourth-order valence-electron chi connectivity index (χ4n) is 1.96. The van der Waals surface area contributed by atoms with E-state index in [9.17, 15) is 4.79 Å². The molecule has 1 fully saturated rings. The summed E-state index contributed by atoms with van der Waals surface area (Å²) in [6.07, 6.45) is 5.30. The van der Waals surface area contributed by atoms with Gasteiger partial charge in [0.05, 0.1) is 31.9 Å². The molecule has 0 aromatic carbocycles. The zero-order valence-corrected chi connectivity index (χ0v) is 10.4. The first-order chi connectivity index (χ1) is 8.78. The lowest BCUT2D eigenvalue weighted by Gasteiger charge is -2.32. The summed E-state index contributed by atoms with van der Waals surface area (Å²) in [7, 11) is 1.39. The molecule has 6 nitrogen and oxygen atoms in total. The number of carbonyl (C=O) groups excluding carboxylic acids is 1. The first-order valence-electron chi connectivity index (χ1n) is 5.93. The summed E-state index contributed by atoms with van der Waals surface area (Å²) >= 11 is 0. The molecule has 0 aliphatic carbocycles. The minimum absolute atomic E-state index is 0.0946. The first-order valence-corrected chi connectivity index (χ1v) is 5.93. The van der Waals surface area contributed by atoms with Gasteiger partial charge in [0, 0.05) is 38.2 Å². The van der Waals surface area contributed by atoms with Crippen LogP contribution in [0.5, 0.6) is 0 Å². The highest BCUT2D eigenvalue weighted by molar-refractivity contribution is 5.69. The van der Waals surface area contributed by atoms with E-state index in [0.29, 0.717) is 19.6 Å². The molecule has 18 heavy (non-hydrogen) atoms. The fourth-order valence-corrected chi connectivity index (χ4v) is 1.96. The Kier molecular flexibility index (Phi) is 4.60. The molecular weight excluding hydrogens is 234 g/mol. The van der Waals surface area contributed by atoms with Crippen molar-refractivity contribution in [3.8, 4) is 0 Å². The molecule has 0 N–H and O–H groups in total. The minimum Gasteiger partial charge on any atom is -0.469 e. The van der Waals surface area contributed by atoms with Crippen LogP contribution in [0.4, 0.5) is 0 Å². The standard InChI is InChI=1S/C12H17N3O3/c1-17-12(16)6-11-9-15(4-5-18-11)8-10-7-13-2-3-14-10/h2-3,7,11H,4-6,8-9H2,1H3. The van der Waals surface area contributed by atoms with Gasteiger partial charge in [-0.3, -0.25) is 19.7 Å². The van der Waals surface area contributed by atoms with Crippen LogP contribution in [0.3, 0.4) is 0 Å². The molecule has 1 unspecified atom stereocenters. The Hall–Kier alpha value is -1.53. The molecule has 6 heteroatoms. The zero-order valence-electron chi connectivity index (χ0n) is 10.4. The van der Waals surface area contributed by atoms with Gasteiger partial charge in [0.1, 0.15) is 0 Å². The Balaban J connectivity index is 1.85. The first kappa shape index (κ1) is 12.9. The van der Waals surface area contributed by atoms with Crippen LogP contribution in [-0.4, -0.2) is 53.7 Å². The summed E-state index contributed by atoms with van der Waals surface area (Å²) in [4.78, 5) is 21.7. The van der Waals surface area contributed by atoms with Crippen LogP contribution < -0.4 is 0 Å². The maximum absolute atomic E-state index is 11.2. The van der Waals surface area contributed by atoms with Crippen molar-refractivity contribution in [2.45, 2.75) is 19.1 Å². The number of hydrogen-bond donors (Lipinski definition) is 0. The Morgan fingerprint density at radius 1 is 1.61 bits per heavy atom. The molecule has 0 bridgehead atoms. The Bertz CT molecular complexity index is 385. The summed E-state index contributed by atoms with van der Waals surface area (Å²) < 4.78 is 10.2. The normalized spacial score (nSPS) is 20.6. The van der Waals surface area contributed by atoms with Crippen LogP contribution in [0.25, 0.3) is 0 Å². The van der Waals surface area contributed by atoms with E-state index < -0.39 is 0 Å². The predicted molar refractivity (Wildman–Crippen MR) is 63.7 cm³/mol. The van der Waals surface area contributed by atoms with Gasteiger partial charge in [-0.25, -0.2) is 0 Å². The van der Waals surface area contributed by atoms with Crippen LogP contribution in [0.1, 0.15) is 12.1 Å². The van der Waals surface area contributed by atoms with Gasteiger partial charge in [0.15, 0.2) is 0 Å². The minimum atomic E-state index is -0.235. The number of carbonyl (C=O) groups is 1. The monoisotopic (exact) mass is 251 g/mol. The average Bonchev–Trinajstić information content (AvgIpc) is 2.40. The molecule has 1 atom stereocenters. The number of aromatic nitrogens is 2. The number of ether oxygens (including phenoxy) is 2. The fraction of sp³-hybridized carbons (Fsp3) is 0.583. The van der Waals surface area contributed by atoms with Gasteiger partial charge in [-0.15, -0.1) is 0 Å². The summed E-state index contributed by atoms with van der Waals surface area (Å²) in [5.41, 5.74) is 0.927. The lowest BCUT2D eigenvalue weighted by Crippen LogP contribution is -2.43. The van der Waals surface area contributed by atoms with E-state index in [1.54, 1.807) is 18.6 Å². The van der Waals surface area contributed by atoms with Crippen molar-refractivity contribution >= 4 is 5.97 Å². The van der Waals surface area contributed by atoms with E-state index in [4.69, 9.17) is 4.74 Å². The van der Waals surface area contributed by atoms with Crippen LogP contribution in [0.15, 0.2) is 18.6 Å². The molecular formula is C12H17N3O3. The van der Waals surface area contributed by atoms with Gasteiger partial charge in [-0.05, 0) is 0 Å². The van der Waals surface area contributed by atoms with E-state index in [2.05, 4.69) is 19.6 Å². The van der Waals surface area contributed by atoms with Crippen LogP contribution >= 0.6 is 0 Å². The quantitative estimate of drug-likeness (QED) is 0.714. The Morgan fingerprint density at radius 3 is 3.22 bits per heavy atom. The van der Waals surface area contributed by atoms with Gasteiger partial charge in [0.2, 0.25) is 0 Å². The van der Waals surface area contributed by atoms with Crippen molar-refractivity contribution in [2.75, 3.05) is 26.8 Å². The van der Waals surface area contributed by atoms with E-state index in [-0.39, 0.29) is 12.1 Å². The molecule has 1 saturated heterocycles. The summed E-state index contributed by atoms with van der Waals surface area (Å²) in [5.74, 6) is -0.235. The topological polar surface area (TPSA) is 64.5 Å². The molecule has 0 radical (unpaired) electrons. The van der Waals surface area contributed by atoms with Gasteiger partial charge >= 0.3 is 5.97 Å². The molecule has 1 aromatic heterocycles. The number of hydrogen-bond acceptors (Lipinski definition) is 6. The number of methoxy groups -OCH3 is 1. The Labute approximate surface area is 106 Å². The third-order valence-corrected chi connectivity index (χ3v) is 2.85. The largest absolute Gasteiger partial charge is 0.469 e. The number of morpholine rings is 1. The second-order valence-corrected chi connectivity index (χ2v) is 4.20. The average molecular weight is 251 g/mol. The summed E-state index contributed by atoms with van der Waals surface area (Å²) in [6.45, 7) is 2.91. The van der Waals surface area contributed by atoms with E-state index in [1.807, 2.05) is 0 Å². The molecule has 1 aromatic rings. The molecule has 2 rings (SSSR count). The Morgan fingerprint density at radius 2 is 2.50 bits per heavy atom. The smallest absolute Gasteiger partial charge is 0.308 e. The lowest BCUT2D eigenvalue weighted by molar-refractivity contribution is -0.145. The highest BCUT2D eigenvalue weighted by atomic mass is 16.5. The lowest BCUT2D eigenvalue weighted by atomic mass is 10.2. The van der Waals surface area contributed by atoms with Crippen molar-refractivity contribution in [1.29, 1.82) is 0 Å². The van der Waals surface area contributed by atoms with E-state index >= 15 is 0 Å². The van der Waals surface area contributed by atoms with Gasteiger partial charge in [-0.1, -0.05) is 0 Å². The maximum atomic E-state index is 11.2. The van der Waals surface area contributed by atoms with Crippen LogP contribution in [-0.2, 0) is 20.8 Å². The molecule has 0 saturated carbocycles. The highest BCUT2D eigenvalue weighted by Gasteiger charge is 2.23. The maximum Gasteiger partial charge on any atom is 0.308 e. The molecule has 98 valence electrons. The highest BCUT2D eigenvalue weighted by Crippen LogP contribution is 2.11. The summed E-state index contributed by atoms with van der Waals surface area (Å²) in [5, 5.41) is 0. The van der Waals surface area contributed by atoms with Crippen LogP contribution in [0, 0.1) is 0 Å². The number of rotatable bonds is 4. The molecule has 1 aliphatic heterocycles. The number of nitrogens with zero attached hydrogens (tertiary/aromatic N) is 3. The van der Waals surface area contributed by atoms with Crippen molar-refractivity contribution in [2.24, 2.45) is 0 Å². The SMILES string of the molecule is COC(=O)CC1CN(Cc2cnccn2)CCO1. The summed E-state index contributed by atoms with van der Waals surface area (Å²) in [6, 6.07) is 0. The van der Waals surface area contributed by atoms with Crippen molar-refractivity contribution in [3.05, 3.63) is 24.3 Å². The van der Waals surface area contributed by atoms with E-state index in [0.717, 1.165) is 18.8 Å².